The Labute approximate surface area is 111 Å². The second kappa shape index (κ2) is 5.56. The molecule has 1 aromatic heterocycles. The Morgan fingerprint density at radius 1 is 1.42 bits per heavy atom. The minimum absolute atomic E-state index is 0.0984. The molecule has 1 amide bonds. The highest BCUT2D eigenvalue weighted by molar-refractivity contribution is 5.93. The van der Waals surface area contributed by atoms with Crippen molar-refractivity contribution in [2.45, 2.75) is 26.3 Å². The first kappa shape index (κ1) is 13.1. The third-order valence-electron chi connectivity index (χ3n) is 2.88. The highest BCUT2D eigenvalue weighted by atomic mass is 16.5. The molecule has 5 heteroatoms. The summed E-state index contributed by atoms with van der Waals surface area (Å²) in [5.74, 6) is 0.426. The van der Waals surface area contributed by atoms with Gasteiger partial charge in [0.1, 0.15) is 5.75 Å². The second-order valence-electron chi connectivity index (χ2n) is 4.41. The number of aromatic hydroxyl groups is 1. The van der Waals surface area contributed by atoms with Gasteiger partial charge in [-0.1, -0.05) is 12.1 Å². The highest BCUT2D eigenvalue weighted by Gasteiger charge is 2.14. The van der Waals surface area contributed by atoms with E-state index in [1.165, 1.54) is 0 Å². The summed E-state index contributed by atoms with van der Waals surface area (Å²) < 4.78 is 5.13. The quantitative estimate of drug-likeness (QED) is 0.885. The lowest BCUT2D eigenvalue weighted by molar-refractivity contribution is 0.0930. The van der Waals surface area contributed by atoms with Crippen LogP contribution in [-0.2, 0) is 0 Å². The Bertz CT molecular complexity index is 560. The maximum Gasteiger partial charge on any atom is 0.273 e. The lowest BCUT2D eigenvalue weighted by Gasteiger charge is -2.08. The van der Waals surface area contributed by atoms with Gasteiger partial charge < -0.3 is 14.9 Å². The Balaban J connectivity index is 2.15. The molecule has 19 heavy (non-hydrogen) atoms. The van der Waals surface area contributed by atoms with Gasteiger partial charge in [-0.25, -0.2) is 0 Å². The number of hydrogen-bond acceptors (Lipinski definition) is 4. The van der Waals surface area contributed by atoms with Crippen molar-refractivity contribution in [2.75, 3.05) is 0 Å². The maximum atomic E-state index is 11.8. The van der Waals surface area contributed by atoms with Crippen molar-refractivity contribution >= 4 is 5.91 Å². The standard InChI is InChI=1S/C14H16N2O3/c1-3-9(2)15-14(18)12-8-13(19-16-12)10-4-6-11(17)7-5-10/h4-9,17H,3H2,1-2H3,(H,15,18). The third kappa shape index (κ3) is 3.13. The molecule has 0 aliphatic carbocycles. The maximum absolute atomic E-state index is 11.8. The van der Waals surface area contributed by atoms with E-state index < -0.39 is 0 Å². The summed E-state index contributed by atoms with van der Waals surface area (Å²) in [4.78, 5) is 11.8. The normalized spacial score (nSPS) is 12.1. The molecule has 0 aliphatic rings. The topological polar surface area (TPSA) is 75.4 Å². The van der Waals surface area contributed by atoms with E-state index >= 15 is 0 Å². The largest absolute Gasteiger partial charge is 0.508 e. The Morgan fingerprint density at radius 3 is 2.74 bits per heavy atom. The predicted molar refractivity (Wildman–Crippen MR) is 70.8 cm³/mol. The molecule has 1 aromatic carbocycles. The zero-order valence-corrected chi connectivity index (χ0v) is 10.9. The number of phenolic OH excluding ortho intramolecular Hbond substituents is 1. The summed E-state index contributed by atoms with van der Waals surface area (Å²) in [6, 6.07) is 8.19. The van der Waals surface area contributed by atoms with Crippen molar-refractivity contribution in [3.63, 3.8) is 0 Å². The van der Waals surface area contributed by atoms with Crippen LogP contribution in [0.1, 0.15) is 30.8 Å². The van der Waals surface area contributed by atoms with E-state index in [2.05, 4.69) is 10.5 Å². The number of carbonyl (C=O) groups is 1. The Hall–Kier alpha value is -2.30. The van der Waals surface area contributed by atoms with Crippen molar-refractivity contribution in [2.24, 2.45) is 0 Å². The zero-order chi connectivity index (χ0) is 13.8. The third-order valence-corrected chi connectivity index (χ3v) is 2.88. The summed E-state index contributed by atoms with van der Waals surface area (Å²) in [6.45, 7) is 3.93. The van der Waals surface area contributed by atoms with Crippen molar-refractivity contribution in [3.8, 4) is 17.1 Å². The van der Waals surface area contributed by atoms with Gasteiger partial charge in [-0.15, -0.1) is 0 Å². The van der Waals surface area contributed by atoms with Crippen molar-refractivity contribution < 1.29 is 14.4 Å². The number of carbonyl (C=O) groups excluding carboxylic acids is 1. The van der Waals surface area contributed by atoms with Gasteiger partial charge in [0.05, 0.1) is 0 Å². The van der Waals surface area contributed by atoms with Crippen LogP contribution in [-0.4, -0.2) is 22.2 Å². The summed E-state index contributed by atoms with van der Waals surface area (Å²) in [5.41, 5.74) is 1.01. The summed E-state index contributed by atoms with van der Waals surface area (Å²) in [5, 5.41) is 15.8. The van der Waals surface area contributed by atoms with Gasteiger partial charge in [0.2, 0.25) is 0 Å². The van der Waals surface area contributed by atoms with E-state index in [4.69, 9.17) is 4.52 Å². The molecule has 0 aliphatic heterocycles. The van der Waals surface area contributed by atoms with Gasteiger partial charge >= 0.3 is 0 Å². The van der Waals surface area contributed by atoms with Crippen LogP contribution in [0.4, 0.5) is 0 Å². The molecule has 0 radical (unpaired) electrons. The average molecular weight is 260 g/mol. The van der Waals surface area contributed by atoms with E-state index in [1.807, 2.05) is 13.8 Å². The van der Waals surface area contributed by atoms with Gasteiger partial charge in [-0.05, 0) is 37.6 Å². The fourth-order valence-corrected chi connectivity index (χ4v) is 1.54. The van der Waals surface area contributed by atoms with Crippen LogP contribution in [0.25, 0.3) is 11.3 Å². The SMILES string of the molecule is CCC(C)NC(=O)c1cc(-c2ccc(O)cc2)on1. The number of nitrogens with zero attached hydrogens (tertiary/aromatic N) is 1. The molecule has 1 atom stereocenters. The average Bonchev–Trinajstić information content (AvgIpc) is 2.89. The Kier molecular flexibility index (Phi) is 3.85. The first-order valence-electron chi connectivity index (χ1n) is 6.17. The monoisotopic (exact) mass is 260 g/mol. The van der Waals surface area contributed by atoms with Crippen molar-refractivity contribution in [1.82, 2.24) is 10.5 Å². The van der Waals surface area contributed by atoms with Gasteiger partial charge in [0, 0.05) is 17.7 Å². The molecule has 1 unspecified atom stereocenters. The van der Waals surface area contributed by atoms with Crippen molar-refractivity contribution in [3.05, 3.63) is 36.0 Å². The molecule has 5 nitrogen and oxygen atoms in total. The molecule has 1 heterocycles. The van der Waals surface area contributed by atoms with Crippen LogP contribution in [0.15, 0.2) is 34.9 Å². The van der Waals surface area contributed by atoms with E-state index in [-0.39, 0.29) is 23.4 Å². The first-order chi connectivity index (χ1) is 9.10. The number of phenols is 1. The van der Waals surface area contributed by atoms with Gasteiger partial charge in [-0.3, -0.25) is 4.79 Å². The second-order valence-corrected chi connectivity index (χ2v) is 4.41. The van der Waals surface area contributed by atoms with Crippen LogP contribution in [0.3, 0.4) is 0 Å². The molecule has 0 fully saturated rings. The summed E-state index contributed by atoms with van der Waals surface area (Å²) >= 11 is 0. The molecular formula is C14H16N2O3. The van der Waals surface area contributed by atoms with Gasteiger partial charge in [0.15, 0.2) is 11.5 Å². The molecule has 0 saturated carbocycles. The molecule has 2 rings (SSSR count). The van der Waals surface area contributed by atoms with E-state index in [0.717, 1.165) is 12.0 Å². The fraction of sp³-hybridized carbons (Fsp3) is 0.286. The van der Waals surface area contributed by atoms with Crippen LogP contribution in [0.5, 0.6) is 5.75 Å². The molecule has 100 valence electrons. The smallest absolute Gasteiger partial charge is 0.273 e. The number of rotatable bonds is 4. The molecule has 2 N–H and O–H groups in total. The molecular weight excluding hydrogens is 244 g/mol. The zero-order valence-electron chi connectivity index (χ0n) is 10.9. The summed E-state index contributed by atoms with van der Waals surface area (Å²) in [6.07, 6.45) is 0.856. The lowest BCUT2D eigenvalue weighted by atomic mass is 10.1. The molecule has 2 aromatic rings. The predicted octanol–water partition coefficient (Wildman–Crippen LogP) is 2.58. The number of hydrogen-bond donors (Lipinski definition) is 2. The first-order valence-corrected chi connectivity index (χ1v) is 6.17. The van der Waals surface area contributed by atoms with Gasteiger partial charge in [-0.2, -0.15) is 0 Å². The molecule has 0 spiro atoms. The fourth-order valence-electron chi connectivity index (χ4n) is 1.54. The van der Waals surface area contributed by atoms with E-state index in [0.29, 0.717) is 5.76 Å². The van der Waals surface area contributed by atoms with Crippen LogP contribution >= 0.6 is 0 Å². The number of nitrogens with one attached hydrogen (secondary N) is 1. The van der Waals surface area contributed by atoms with Crippen LogP contribution in [0.2, 0.25) is 0 Å². The van der Waals surface area contributed by atoms with Crippen LogP contribution in [0, 0.1) is 0 Å². The number of amides is 1. The number of aromatic nitrogens is 1. The van der Waals surface area contributed by atoms with Crippen LogP contribution < -0.4 is 5.32 Å². The molecule has 0 bridgehead atoms. The molecule has 0 saturated heterocycles. The number of benzene rings is 1. The Morgan fingerprint density at radius 2 is 2.11 bits per heavy atom. The van der Waals surface area contributed by atoms with E-state index in [1.54, 1.807) is 30.3 Å². The van der Waals surface area contributed by atoms with E-state index in [9.17, 15) is 9.90 Å². The van der Waals surface area contributed by atoms with Gasteiger partial charge in [0.25, 0.3) is 5.91 Å². The highest BCUT2D eigenvalue weighted by Crippen LogP contribution is 2.22. The minimum atomic E-state index is -0.247. The summed E-state index contributed by atoms with van der Waals surface area (Å²) in [7, 11) is 0. The minimum Gasteiger partial charge on any atom is -0.508 e. The lowest BCUT2D eigenvalue weighted by Crippen LogP contribution is -2.32. The van der Waals surface area contributed by atoms with Crippen molar-refractivity contribution in [1.29, 1.82) is 0 Å².